The lowest BCUT2D eigenvalue weighted by atomic mass is 10.1. The van der Waals surface area contributed by atoms with Gasteiger partial charge >= 0.3 is 0 Å². The smallest absolute Gasteiger partial charge is 0.274 e. The third-order valence-electron chi connectivity index (χ3n) is 5.84. The Hall–Kier alpha value is -3.44. The molecule has 0 aliphatic carbocycles. The number of amides is 1. The first-order valence-electron chi connectivity index (χ1n) is 11.0. The summed E-state index contributed by atoms with van der Waals surface area (Å²) >= 11 is 1.45. The number of ether oxygens (including phenoxy) is 2. The van der Waals surface area contributed by atoms with Gasteiger partial charge in [0, 0.05) is 43.8 Å². The van der Waals surface area contributed by atoms with Gasteiger partial charge in [-0.3, -0.25) is 9.48 Å². The van der Waals surface area contributed by atoms with Crippen LogP contribution < -0.4 is 25.0 Å². The zero-order chi connectivity index (χ0) is 24.0. The summed E-state index contributed by atoms with van der Waals surface area (Å²) < 4.78 is 13.4. The standard InChI is InChI=1S/C23H27N7O3S/c1-12-9-30(10-13(2)24-12)17-7-6-15(18-19(17)34-23(26-18)33-5)21(31)25-16-8-14-11-29(3)28-20(14)27-22(16)32-4/h6-8,11-13,24H,9-10H2,1-5H3,(H,25,31)/t12-,13-/m0/s1. The number of nitrogens with one attached hydrogen (secondary N) is 2. The molecule has 11 heteroatoms. The molecule has 1 fully saturated rings. The number of carbonyl (C=O) groups excluding carboxylic acids is 1. The van der Waals surface area contributed by atoms with Crippen molar-refractivity contribution in [2.45, 2.75) is 25.9 Å². The van der Waals surface area contributed by atoms with Gasteiger partial charge in [-0.15, -0.1) is 0 Å². The van der Waals surface area contributed by atoms with Gasteiger partial charge in [-0.25, -0.2) is 4.98 Å². The third kappa shape index (κ3) is 4.01. The minimum atomic E-state index is -0.296. The number of nitrogens with zero attached hydrogens (tertiary/aromatic N) is 5. The van der Waals surface area contributed by atoms with Crippen LogP contribution in [0, 0.1) is 0 Å². The summed E-state index contributed by atoms with van der Waals surface area (Å²) in [6.07, 6.45) is 1.84. The molecule has 0 saturated carbocycles. The first-order valence-corrected chi connectivity index (χ1v) is 11.9. The highest BCUT2D eigenvalue weighted by molar-refractivity contribution is 7.21. The maximum Gasteiger partial charge on any atom is 0.274 e. The van der Waals surface area contributed by atoms with Crippen molar-refractivity contribution < 1.29 is 14.3 Å². The predicted octanol–water partition coefficient (Wildman–Crippen LogP) is 3.03. The minimum Gasteiger partial charge on any atom is -0.479 e. The highest BCUT2D eigenvalue weighted by atomic mass is 32.1. The van der Waals surface area contributed by atoms with Crippen molar-refractivity contribution in [2.24, 2.45) is 7.05 Å². The van der Waals surface area contributed by atoms with Gasteiger partial charge < -0.3 is 25.0 Å². The molecule has 178 valence electrons. The van der Waals surface area contributed by atoms with E-state index in [1.807, 2.05) is 31.4 Å². The van der Waals surface area contributed by atoms with Gasteiger partial charge in [-0.05, 0) is 32.0 Å². The molecular formula is C23H27N7O3S. The SMILES string of the molecule is COc1nc2c(C(=O)Nc3cc4cn(C)nc4nc3OC)ccc(N3C[C@H](C)N[C@@H](C)C3)c2s1. The predicted molar refractivity (Wildman–Crippen MR) is 133 cm³/mol. The molecule has 0 unspecified atom stereocenters. The van der Waals surface area contributed by atoms with E-state index >= 15 is 0 Å². The number of hydrogen-bond acceptors (Lipinski definition) is 9. The van der Waals surface area contributed by atoms with Crippen LogP contribution in [0.2, 0.25) is 0 Å². The van der Waals surface area contributed by atoms with Gasteiger partial charge in [0.1, 0.15) is 11.2 Å². The van der Waals surface area contributed by atoms with Crippen LogP contribution in [0.25, 0.3) is 21.3 Å². The van der Waals surface area contributed by atoms with E-state index in [9.17, 15) is 4.79 Å². The fourth-order valence-corrected chi connectivity index (χ4v) is 5.46. The van der Waals surface area contributed by atoms with Gasteiger partial charge in [-0.2, -0.15) is 10.1 Å². The van der Waals surface area contributed by atoms with E-state index in [2.05, 4.69) is 44.4 Å². The van der Waals surface area contributed by atoms with Crippen molar-refractivity contribution in [2.75, 3.05) is 37.5 Å². The average Bonchev–Trinajstić information content (AvgIpc) is 3.39. The molecule has 2 N–H and O–H groups in total. The van der Waals surface area contributed by atoms with Crippen molar-refractivity contribution in [1.82, 2.24) is 25.1 Å². The van der Waals surface area contributed by atoms with E-state index < -0.39 is 0 Å². The number of anilines is 2. The maximum absolute atomic E-state index is 13.4. The van der Waals surface area contributed by atoms with Crippen molar-refractivity contribution in [1.29, 1.82) is 0 Å². The molecule has 1 amide bonds. The lowest BCUT2D eigenvalue weighted by molar-refractivity contribution is 0.102. The van der Waals surface area contributed by atoms with E-state index in [1.165, 1.54) is 18.4 Å². The monoisotopic (exact) mass is 481 g/mol. The van der Waals surface area contributed by atoms with Gasteiger partial charge in [0.05, 0.1) is 30.2 Å². The largest absolute Gasteiger partial charge is 0.479 e. The Balaban J connectivity index is 1.53. The minimum absolute atomic E-state index is 0.296. The molecule has 3 aromatic heterocycles. The molecule has 0 bridgehead atoms. The zero-order valence-corrected chi connectivity index (χ0v) is 20.6. The van der Waals surface area contributed by atoms with Crippen molar-refractivity contribution >= 4 is 49.9 Å². The summed E-state index contributed by atoms with van der Waals surface area (Å²) in [7, 11) is 4.92. The zero-order valence-electron chi connectivity index (χ0n) is 19.7. The molecule has 1 aliphatic heterocycles. The second-order valence-electron chi connectivity index (χ2n) is 8.58. The lowest BCUT2D eigenvalue weighted by Gasteiger charge is -2.37. The van der Waals surface area contributed by atoms with Crippen LogP contribution in [0.15, 0.2) is 24.4 Å². The fourth-order valence-electron chi connectivity index (χ4n) is 4.51. The molecule has 10 nitrogen and oxygen atoms in total. The molecule has 1 aliphatic rings. The number of piperazine rings is 1. The molecule has 2 atom stereocenters. The van der Waals surface area contributed by atoms with Crippen LogP contribution in [-0.4, -0.2) is 65.0 Å². The Morgan fingerprint density at radius 2 is 1.94 bits per heavy atom. The van der Waals surface area contributed by atoms with E-state index in [-0.39, 0.29) is 5.91 Å². The average molecular weight is 482 g/mol. The van der Waals surface area contributed by atoms with Crippen LogP contribution >= 0.6 is 11.3 Å². The van der Waals surface area contributed by atoms with Crippen LogP contribution in [0.1, 0.15) is 24.2 Å². The normalized spacial score (nSPS) is 18.4. The summed E-state index contributed by atoms with van der Waals surface area (Å²) in [4.78, 5) is 24.8. The Morgan fingerprint density at radius 1 is 1.18 bits per heavy atom. The fraction of sp³-hybridized carbons (Fsp3) is 0.391. The number of carbonyl (C=O) groups is 1. The number of pyridine rings is 1. The van der Waals surface area contributed by atoms with Crippen molar-refractivity contribution in [3.05, 3.63) is 30.0 Å². The van der Waals surface area contributed by atoms with Crippen molar-refractivity contribution in [3.63, 3.8) is 0 Å². The number of fused-ring (bicyclic) bond motifs is 2. The quantitative estimate of drug-likeness (QED) is 0.448. The summed E-state index contributed by atoms with van der Waals surface area (Å²) in [5.41, 5.74) is 3.15. The molecule has 34 heavy (non-hydrogen) atoms. The van der Waals surface area contributed by atoms with Crippen LogP contribution in [-0.2, 0) is 7.05 Å². The molecule has 0 radical (unpaired) electrons. The molecule has 5 rings (SSSR count). The summed E-state index contributed by atoms with van der Waals surface area (Å²) in [5.74, 6) is 0.00181. The first kappa shape index (κ1) is 22.4. The molecule has 4 aromatic rings. The lowest BCUT2D eigenvalue weighted by Crippen LogP contribution is -2.54. The molecule has 0 spiro atoms. The van der Waals surface area contributed by atoms with Crippen LogP contribution in [0.4, 0.5) is 11.4 Å². The number of benzene rings is 1. The number of methoxy groups -OCH3 is 2. The Kier molecular flexibility index (Phi) is 5.74. The highest BCUT2D eigenvalue weighted by Gasteiger charge is 2.26. The number of aryl methyl sites for hydroxylation is 1. The van der Waals surface area contributed by atoms with E-state index in [4.69, 9.17) is 9.47 Å². The Bertz CT molecular complexity index is 1370. The van der Waals surface area contributed by atoms with Gasteiger partial charge in [0.2, 0.25) is 5.88 Å². The van der Waals surface area contributed by atoms with Gasteiger partial charge in [0.15, 0.2) is 5.65 Å². The second-order valence-corrected chi connectivity index (χ2v) is 9.54. The van der Waals surface area contributed by atoms with Gasteiger partial charge in [-0.1, -0.05) is 11.3 Å². The topological polar surface area (TPSA) is 106 Å². The molecule has 1 saturated heterocycles. The molecular weight excluding hydrogens is 454 g/mol. The maximum atomic E-state index is 13.4. The summed E-state index contributed by atoms with van der Waals surface area (Å²) in [5, 5.41) is 12.1. The first-order chi connectivity index (χ1) is 16.4. The van der Waals surface area contributed by atoms with E-state index in [1.54, 1.807) is 11.8 Å². The Morgan fingerprint density at radius 3 is 2.65 bits per heavy atom. The highest BCUT2D eigenvalue weighted by Crippen LogP contribution is 2.38. The van der Waals surface area contributed by atoms with Crippen molar-refractivity contribution in [3.8, 4) is 11.1 Å². The van der Waals surface area contributed by atoms with Crippen LogP contribution in [0.5, 0.6) is 11.1 Å². The summed E-state index contributed by atoms with van der Waals surface area (Å²) in [6, 6.07) is 6.35. The van der Waals surface area contributed by atoms with Crippen LogP contribution in [0.3, 0.4) is 0 Å². The third-order valence-corrected chi connectivity index (χ3v) is 6.88. The second kappa shape index (κ2) is 8.73. The van der Waals surface area contributed by atoms with E-state index in [0.717, 1.165) is 28.9 Å². The van der Waals surface area contributed by atoms with Gasteiger partial charge in [0.25, 0.3) is 11.1 Å². The summed E-state index contributed by atoms with van der Waals surface area (Å²) in [6.45, 7) is 6.10. The number of aromatic nitrogens is 4. The number of rotatable bonds is 5. The molecule has 1 aromatic carbocycles. The molecule has 4 heterocycles. The number of hydrogen-bond donors (Lipinski definition) is 2. The Labute approximate surface area is 200 Å². The van der Waals surface area contributed by atoms with E-state index in [0.29, 0.717) is 45.6 Å². The number of thiazole rings is 1.